The number of amides is 1. The van der Waals surface area contributed by atoms with Gasteiger partial charge < -0.3 is 10.1 Å². The van der Waals surface area contributed by atoms with Crippen LogP contribution in [0.1, 0.15) is 68.3 Å². The number of anilines is 1. The van der Waals surface area contributed by atoms with Gasteiger partial charge in [-0.15, -0.1) is 0 Å². The summed E-state index contributed by atoms with van der Waals surface area (Å²) in [6, 6.07) is 1.65. The summed E-state index contributed by atoms with van der Waals surface area (Å²) in [6.07, 6.45) is -3.63. The Kier molecular flexibility index (Phi) is 7.89. The zero-order valence-electron chi connectivity index (χ0n) is 22.4. The Morgan fingerprint density at radius 3 is 2.42 bits per heavy atom. The molecule has 1 aliphatic heterocycles. The van der Waals surface area contributed by atoms with Crippen LogP contribution in [0, 0.1) is 24.0 Å². The van der Waals surface area contributed by atoms with E-state index >= 15 is 0 Å². The first-order chi connectivity index (χ1) is 17.7. The normalized spacial score (nSPS) is 13.2. The number of aryl methyl sites for hydroxylation is 1. The predicted octanol–water partition coefficient (Wildman–Crippen LogP) is 6.16. The van der Waals surface area contributed by atoms with E-state index in [0.29, 0.717) is 23.2 Å². The highest BCUT2D eigenvalue weighted by molar-refractivity contribution is 5.70. The highest BCUT2D eigenvalue weighted by atomic mass is 19.4. The highest BCUT2D eigenvalue weighted by Crippen LogP contribution is 2.37. The fraction of sp³-hybridized carbons (Fsp3) is 0.480. The second kappa shape index (κ2) is 10.5. The molecule has 0 radical (unpaired) electrons. The third kappa shape index (κ3) is 5.81. The van der Waals surface area contributed by atoms with Crippen LogP contribution in [0.5, 0.6) is 0 Å². The fourth-order valence-corrected chi connectivity index (χ4v) is 4.16. The zero-order valence-corrected chi connectivity index (χ0v) is 22.4. The van der Waals surface area contributed by atoms with Crippen molar-refractivity contribution in [1.29, 1.82) is 0 Å². The molecule has 1 aromatic carbocycles. The van der Waals surface area contributed by atoms with Gasteiger partial charge >= 0.3 is 12.3 Å². The molecule has 0 saturated carbocycles. The molecule has 0 spiro atoms. The molecular weight excluding hydrogens is 505 g/mol. The molecule has 1 aliphatic rings. The first kappa shape index (κ1) is 28.7. The molecule has 2 aromatic heterocycles. The number of nitrogens with zero attached hydrogens (tertiary/aromatic N) is 5. The maximum absolute atomic E-state index is 13.5. The maximum atomic E-state index is 13.5. The van der Waals surface area contributed by atoms with Gasteiger partial charge in [0.15, 0.2) is 0 Å². The van der Waals surface area contributed by atoms with Crippen molar-refractivity contribution in [1.82, 2.24) is 19.3 Å². The van der Waals surface area contributed by atoms with E-state index in [9.17, 15) is 28.1 Å². The van der Waals surface area contributed by atoms with Gasteiger partial charge in [-0.3, -0.25) is 19.4 Å². The van der Waals surface area contributed by atoms with Crippen LogP contribution in [-0.4, -0.2) is 35.9 Å². The van der Waals surface area contributed by atoms with E-state index in [0.717, 1.165) is 17.5 Å². The molecule has 0 atom stereocenters. The number of non-ortho nitro benzene ring substituents is 1. The standard InChI is InChI=1S/C23H25F3N6O4.C2H6/c1-12-8-28-20-29-19(16-10-30(11-18(16)31(12)20)21(33)36-22(3,4)5)27-9-14-6-15(32(34)35)7-17(13(14)2)23(24,25)26;1-2/h6-8H,9-11H2,1-5H3,(H,27,28,29);1-2H3. The SMILES string of the molecule is CC.Cc1c(CNc2nc3ncc(C)n3c3c2CN(C(=O)OC(C)(C)C)C3)cc([N+](=O)[O-])cc1C(F)(F)F. The first-order valence-corrected chi connectivity index (χ1v) is 12.1. The van der Waals surface area contributed by atoms with Crippen molar-refractivity contribution in [2.45, 2.75) is 79.9 Å². The Hall–Kier alpha value is -3.90. The van der Waals surface area contributed by atoms with Gasteiger partial charge in [0.05, 0.1) is 35.5 Å². The van der Waals surface area contributed by atoms with E-state index < -0.39 is 34.0 Å². The summed E-state index contributed by atoms with van der Waals surface area (Å²) in [5.41, 5.74) is -0.222. The van der Waals surface area contributed by atoms with Crippen molar-refractivity contribution in [2.75, 3.05) is 5.32 Å². The van der Waals surface area contributed by atoms with E-state index in [4.69, 9.17) is 4.74 Å². The van der Waals surface area contributed by atoms with Gasteiger partial charge in [-0.2, -0.15) is 18.2 Å². The molecule has 38 heavy (non-hydrogen) atoms. The number of alkyl halides is 3. The van der Waals surface area contributed by atoms with E-state index in [1.165, 1.54) is 11.8 Å². The Morgan fingerprint density at radius 2 is 1.84 bits per heavy atom. The molecule has 0 aliphatic carbocycles. The van der Waals surface area contributed by atoms with E-state index in [1.54, 1.807) is 27.0 Å². The summed E-state index contributed by atoms with van der Waals surface area (Å²) >= 11 is 0. The van der Waals surface area contributed by atoms with Crippen molar-refractivity contribution in [3.8, 4) is 0 Å². The topological polar surface area (TPSA) is 115 Å². The Balaban J connectivity index is 0.00000195. The van der Waals surface area contributed by atoms with Gasteiger partial charge in [0, 0.05) is 29.9 Å². The second-order valence-corrected chi connectivity index (χ2v) is 9.64. The molecule has 3 aromatic rings. The number of hydrogen-bond donors (Lipinski definition) is 1. The molecule has 10 nitrogen and oxygen atoms in total. The number of aromatic nitrogens is 3. The lowest BCUT2D eigenvalue weighted by Gasteiger charge is -2.24. The van der Waals surface area contributed by atoms with Crippen molar-refractivity contribution in [2.24, 2.45) is 0 Å². The van der Waals surface area contributed by atoms with Crippen LogP contribution in [0.2, 0.25) is 0 Å². The number of nitro benzene ring substituents is 1. The number of halogens is 3. The second-order valence-electron chi connectivity index (χ2n) is 9.64. The van der Waals surface area contributed by atoms with Crippen molar-refractivity contribution in [3.05, 3.63) is 62.1 Å². The number of carbonyl (C=O) groups excluding carboxylic acids is 1. The van der Waals surface area contributed by atoms with E-state index in [2.05, 4.69) is 15.3 Å². The summed E-state index contributed by atoms with van der Waals surface area (Å²) in [6.45, 7) is 12.6. The lowest BCUT2D eigenvalue weighted by molar-refractivity contribution is -0.385. The molecule has 0 unspecified atom stereocenters. The fourth-order valence-electron chi connectivity index (χ4n) is 4.16. The van der Waals surface area contributed by atoms with Crippen molar-refractivity contribution in [3.63, 3.8) is 0 Å². The quantitative estimate of drug-likeness (QED) is 0.314. The number of fused-ring (bicyclic) bond motifs is 3. The molecule has 0 bridgehead atoms. The number of rotatable bonds is 4. The highest BCUT2D eigenvalue weighted by Gasteiger charge is 2.36. The van der Waals surface area contributed by atoms with Crippen LogP contribution in [-0.2, 0) is 30.5 Å². The molecule has 0 saturated heterocycles. The van der Waals surface area contributed by atoms with Crippen molar-refractivity contribution >= 4 is 23.4 Å². The molecule has 1 amide bonds. The van der Waals surface area contributed by atoms with Crippen LogP contribution in [0.4, 0.5) is 29.5 Å². The molecular formula is C25H31F3N6O4. The molecule has 0 fully saturated rings. The first-order valence-electron chi connectivity index (χ1n) is 12.1. The van der Waals surface area contributed by atoms with Gasteiger partial charge in [-0.25, -0.2) is 9.78 Å². The molecule has 206 valence electrons. The van der Waals surface area contributed by atoms with Crippen LogP contribution in [0.25, 0.3) is 5.78 Å². The number of carbonyl (C=O) groups is 1. The third-order valence-electron chi connectivity index (χ3n) is 5.84. The predicted molar refractivity (Wildman–Crippen MR) is 135 cm³/mol. The number of imidazole rings is 1. The summed E-state index contributed by atoms with van der Waals surface area (Å²) in [5, 5.41) is 14.3. The van der Waals surface area contributed by atoms with Crippen LogP contribution < -0.4 is 5.32 Å². The molecule has 13 heteroatoms. The largest absolute Gasteiger partial charge is 0.444 e. The number of ether oxygens (including phenoxy) is 1. The minimum atomic E-state index is -4.75. The summed E-state index contributed by atoms with van der Waals surface area (Å²) < 4.78 is 47.8. The van der Waals surface area contributed by atoms with Crippen LogP contribution in [0.15, 0.2) is 18.3 Å². The third-order valence-corrected chi connectivity index (χ3v) is 5.84. The lowest BCUT2D eigenvalue weighted by atomic mass is 10.0. The van der Waals surface area contributed by atoms with Gasteiger partial charge in [-0.05, 0) is 45.7 Å². The minimum absolute atomic E-state index is 0.105. The Labute approximate surface area is 218 Å². The summed E-state index contributed by atoms with van der Waals surface area (Å²) in [4.78, 5) is 33.4. The van der Waals surface area contributed by atoms with Gasteiger partial charge in [-0.1, -0.05) is 13.8 Å². The lowest BCUT2D eigenvalue weighted by Crippen LogP contribution is -2.33. The van der Waals surface area contributed by atoms with Crippen LogP contribution in [0.3, 0.4) is 0 Å². The smallest absolute Gasteiger partial charge is 0.416 e. The summed E-state index contributed by atoms with van der Waals surface area (Å²) in [7, 11) is 0. The average Bonchev–Trinajstić information content (AvgIpc) is 3.41. The number of benzene rings is 1. The molecule has 3 heterocycles. The van der Waals surface area contributed by atoms with Gasteiger partial charge in [0.1, 0.15) is 11.4 Å². The monoisotopic (exact) mass is 536 g/mol. The molecule has 1 N–H and O–H groups in total. The van der Waals surface area contributed by atoms with Crippen molar-refractivity contribution < 1.29 is 27.6 Å². The molecule has 4 rings (SSSR count). The van der Waals surface area contributed by atoms with E-state index in [-0.39, 0.29) is 30.8 Å². The van der Waals surface area contributed by atoms with Gasteiger partial charge in [0.25, 0.3) is 5.69 Å². The maximum Gasteiger partial charge on any atom is 0.416 e. The Morgan fingerprint density at radius 1 is 1.18 bits per heavy atom. The number of nitro groups is 1. The van der Waals surface area contributed by atoms with Gasteiger partial charge in [0.2, 0.25) is 5.78 Å². The number of nitrogens with one attached hydrogen (secondary N) is 1. The minimum Gasteiger partial charge on any atom is -0.444 e. The summed E-state index contributed by atoms with van der Waals surface area (Å²) in [5.74, 6) is 0.681. The average molecular weight is 537 g/mol. The Bertz CT molecular complexity index is 1380. The van der Waals surface area contributed by atoms with E-state index in [1.807, 2.05) is 25.2 Å². The van der Waals surface area contributed by atoms with Crippen LogP contribution >= 0.6 is 0 Å². The zero-order chi connectivity index (χ0) is 28.6. The number of hydrogen-bond acceptors (Lipinski definition) is 7.